The monoisotopic (exact) mass is 1100 g/mol. The molecule has 3 N–H and O–H groups in total. The molecule has 2 unspecified atom stereocenters. The Morgan fingerprint density at radius 1 is 0.346 bits per heavy atom. The first-order valence-corrected chi connectivity index (χ1v) is 35.9. The number of amides is 1. The van der Waals surface area contributed by atoms with E-state index in [4.69, 9.17) is 4.74 Å². The van der Waals surface area contributed by atoms with E-state index in [9.17, 15) is 19.8 Å². The highest BCUT2D eigenvalue weighted by Crippen LogP contribution is 2.20. The molecule has 0 rings (SSSR count). The molecule has 0 saturated heterocycles. The number of ether oxygens (including phenoxy) is 1. The van der Waals surface area contributed by atoms with Crippen LogP contribution in [0.2, 0.25) is 0 Å². The van der Waals surface area contributed by atoms with Crippen LogP contribution >= 0.6 is 0 Å². The van der Waals surface area contributed by atoms with Crippen LogP contribution in [0.25, 0.3) is 0 Å². The zero-order valence-corrected chi connectivity index (χ0v) is 53.2. The molecule has 6 nitrogen and oxygen atoms in total. The van der Waals surface area contributed by atoms with E-state index in [0.717, 1.165) is 44.9 Å². The lowest BCUT2D eigenvalue weighted by Gasteiger charge is -2.22. The van der Waals surface area contributed by atoms with Crippen molar-refractivity contribution in [3.63, 3.8) is 0 Å². The predicted octanol–water partition coefficient (Wildman–Crippen LogP) is 23.1. The number of aliphatic hydroxyl groups is 2. The molecule has 2 atom stereocenters. The highest BCUT2D eigenvalue weighted by Gasteiger charge is 2.20. The number of allylic oxidation sites excluding steroid dienone is 2. The number of esters is 1. The fourth-order valence-electron chi connectivity index (χ4n) is 11.6. The van der Waals surface area contributed by atoms with Crippen LogP contribution in [0.3, 0.4) is 0 Å². The summed E-state index contributed by atoms with van der Waals surface area (Å²) in [5, 5.41) is 23.4. The van der Waals surface area contributed by atoms with Crippen LogP contribution in [0.1, 0.15) is 412 Å². The lowest BCUT2D eigenvalue weighted by Crippen LogP contribution is -2.45. The van der Waals surface area contributed by atoms with Crippen molar-refractivity contribution in [1.29, 1.82) is 0 Å². The van der Waals surface area contributed by atoms with E-state index >= 15 is 0 Å². The Morgan fingerprint density at radius 3 is 0.936 bits per heavy atom. The van der Waals surface area contributed by atoms with E-state index in [0.29, 0.717) is 25.9 Å². The van der Waals surface area contributed by atoms with Crippen molar-refractivity contribution in [3.8, 4) is 0 Å². The maximum absolute atomic E-state index is 12.5. The van der Waals surface area contributed by atoms with Gasteiger partial charge in [-0.05, 0) is 51.4 Å². The number of aliphatic hydroxyl groups excluding tert-OH is 2. The van der Waals surface area contributed by atoms with E-state index in [-0.39, 0.29) is 18.5 Å². The van der Waals surface area contributed by atoms with Gasteiger partial charge in [-0.15, -0.1) is 0 Å². The topological polar surface area (TPSA) is 95.9 Å². The van der Waals surface area contributed by atoms with Crippen LogP contribution in [0.15, 0.2) is 12.2 Å². The zero-order chi connectivity index (χ0) is 56.4. The average molecular weight is 1100 g/mol. The Bertz CT molecular complexity index is 1180. The average Bonchev–Trinajstić information content (AvgIpc) is 3.44. The maximum Gasteiger partial charge on any atom is 0.305 e. The van der Waals surface area contributed by atoms with Crippen molar-refractivity contribution in [3.05, 3.63) is 12.2 Å². The first-order chi connectivity index (χ1) is 38.5. The highest BCUT2D eigenvalue weighted by molar-refractivity contribution is 5.76. The van der Waals surface area contributed by atoms with Crippen LogP contribution in [0.4, 0.5) is 0 Å². The molecule has 78 heavy (non-hydrogen) atoms. The molecule has 0 radical (unpaired) electrons. The van der Waals surface area contributed by atoms with Crippen molar-refractivity contribution in [2.24, 2.45) is 0 Å². The van der Waals surface area contributed by atoms with Gasteiger partial charge in [0.15, 0.2) is 0 Å². The largest absolute Gasteiger partial charge is 0.466 e. The standard InChI is InChI=1S/C72H141NO5/c1-3-5-7-9-11-13-15-17-18-38-41-44-48-52-56-60-64-70(75)69(68-74)73-71(76)65-61-57-53-49-45-42-39-36-34-32-30-28-26-24-22-20-19-21-23-25-27-29-31-33-35-37-40-43-47-51-55-59-63-67-78-72(77)66-62-58-54-50-46-16-14-12-10-8-6-4-2/h12,14,69-70,74-75H,3-11,13,15-68H2,1-2H3,(H,73,76)/b14-12-. The molecule has 0 bridgehead atoms. The lowest BCUT2D eigenvalue weighted by molar-refractivity contribution is -0.143. The van der Waals surface area contributed by atoms with Crippen LogP contribution in [-0.4, -0.2) is 47.4 Å². The molecule has 0 aliphatic rings. The van der Waals surface area contributed by atoms with E-state index < -0.39 is 12.1 Å². The van der Waals surface area contributed by atoms with Gasteiger partial charge in [0.1, 0.15) is 0 Å². The van der Waals surface area contributed by atoms with Crippen LogP contribution in [0.5, 0.6) is 0 Å². The normalized spacial score (nSPS) is 12.5. The molecular formula is C72H141NO5. The minimum Gasteiger partial charge on any atom is -0.466 e. The van der Waals surface area contributed by atoms with Gasteiger partial charge in [0, 0.05) is 12.8 Å². The fourth-order valence-corrected chi connectivity index (χ4v) is 11.6. The second-order valence-corrected chi connectivity index (χ2v) is 24.9. The lowest BCUT2D eigenvalue weighted by atomic mass is 10.0. The number of carbonyl (C=O) groups is 2. The van der Waals surface area contributed by atoms with Crippen molar-refractivity contribution >= 4 is 11.9 Å². The first-order valence-electron chi connectivity index (χ1n) is 35.9. The summed E-state index contributed by atoms with van der Waals surface area (Å²) in [5.74, 6) is -0.0140. The summed E-state index contributed by atoms with van der Waals surface area (Å²) < 4.78 is 5.48. The Kier molecular flexibility index (Phi) is 66.9. The Hall–Kier alpha value is -1.40. The molecule has 0 aromatic carbocycles. The van der Waals surface area contributed by atoms with E-state index in [1.54, 1.807) is 0 Å². The summed E-state index contributed by atoms with van der Waals surface area (Å²) in [5.41, 5.74) is 0. The zero-order valence-electron chi connectivity index (χ0n) is 53.2. The minimum absolute atomic E-state index is 0.0123. The summed E-state index contributed by atoms with van der Waals surface area (Å²) in [7, 11) is 0. The Balaban J connectivity index is 3.31. The molecule has 0 aliphatic heterocycles. The second kappa shape index (κ2) is 68.1. The van der Waals surface area contributed by atoms with Crippen molar-refractivity contribution < 1.29 is 24.5 Å². The van der Waals surface area contributed by atoms with Crippen molar-refractivity contribution in [1.82, 2.24) is 5.32 Å². The van der Waals surface area contributed by atoms with Crippen LogP contribution < -0.4 is 5.32 Å². The fraction of sp³-hybridized carbons (Fsp3) is 0.944. The molecule has 464 valence electrons. The van der Waals surface area contributed by atoms with E-state index in [2.05, 4.69) is 31.3 Å². The summed E-state index contributed by atoms with van der Waals surface area (Å²) in [6.07, 6.45) is 84.2. The van der Waals surface area contributed by atoms with Gasteiger partial charge in [-0.25, -0.2) is 0 Å². The molecule has 6 heteroatoms. The summed E-state index contributed by atoms with van der Waals surface area (Å²) in [6.45, 7) is 4.97. The number of hydrogen-bond acceptors (Lipinski definition) is 5. The van der Waals surface area contributed by atoms with Gasteiger partial charge in [-0.2, -0.15) is 0 Å². The van der Waals surface area contributed by atoms with Gasteiger partial charge in [0.05, 0.1) is 25.4 Å². The minimum atomic E-state index is -0.660. The second-order valence-electron chi connectivity index (χ2n) is 24.9. The number of rotatable bonds is 68. The van der Waals surface area contributed by atoms with E-state index in [1.165, 1.54) is 334 Å². The third-order valence-corrected chi connectivity index (χ3v) is 17.1. The summed E-state index contributed by atoms with van der Waals surface area (Å²) in [4.78, 5) is 24.5. The van der Waals surface area contributed by atoms with Gasteiger partial charge >= 0.3 is 5.97 Å². The Labute approximate surface area is 489 Å². The molecule has 0 fully saturated rings. The number of unbranched alkanes of at least 4 members (excludes halogenated alkanes) is 55. The third-order valence-electron chi connectivity index (χ3n) is 17.1. The van der Waals surface area contributed by atoms with E-state index in [1.807, 2.05) is 0 Å². The Morgan fingerprint density at radius 2 is 0.603 bits per heavy atom. The summed E-state index contributed by atoms with van der Waals surface area (Å²) >= 11 is 0. The van der Waals surface area contributed by atoms with Crippen LogP contribution in [-0.2, 0) is 14.3 Å². The SMILES string of the molecule is CCCCC/C=C\CCCCCCCC(=O)OCCCCCCCCCCCCCCCCCCCCCCCCCCCCCCCCCCCC(=O)NC(CO)C(O)CCCCCCCCCCCCCCCCCC. The van der Waals surface area contributed by atoms with Gasteiger partial charge in [-0.3, -0.25) is 9.59 Å². The molecular weight excluding hydrogens is 959 g/mol. The first kappa shape index (κ1) is 76.6. The molecule has 0 saturated carbocycles. The predicted molar refractivity (Wildman–Crippen MR) is 343 cm³/mol. The molecule has 0 aromatic heterocycles. The molecule has 0 aliphatic carbocycles. The quantitative estimate of drug-likeness (QED) is 0.0320. The van der Waals surface area contributed by atoms with Crippen molar-refractivity contribution in [2.75, 3.05) is 13.2 Å². The summed E-state index contributed by atoms with van der Waals surface area (Å²) in [6, 6.07) is -0.537. The van der Waals surface area contributed by atoms with Gasteiger partial charge in [0.25, 0.3) is 0 Å². The molecule has 0 aromatic rings. The highest BCUT2D eigenvalue weighted by atomic mass is 16.5. The van der Waals surface area contributed by atoms with Crippen LogP contribution in [0, 0.1) is 0 Å². The molecule has 0 spiro atoms. The van der Waals surface area contributed by atoms with Gasteiger partial charge in [-0.1, -0.05) is 360 Å². The molecule has 0 heterocycles. The van der Waals surface area contributed by atoms with Gasteiger partial charge < -0.3 is 20.3 Å². The number of carbonyl (C=O) groups excluding carboxylic acids is 2. The van der Waals surface area contributed by atoms with Gasteiger partial charge in [0.2, 0.25) is 5.91 Å². The molecule has 1 amide bonds. The smallest absolute Gasteiger partial charge is 0.305 e. The number of nitrogens with one attached hydrogen (secondary N) is 1. The van der Waals surface area contributed by atoms with Crippen molar-refractivity contribution in [2.45, 2.75) is 424 Å². The third kappa shape index (κ3) is 63.8. The maximum atomic E-state index is 12.5. The number of hydrogen-bond donors (Lipinski definition) is 3.